The van der Waals surface area contributed by atoms with E-state index in [4.69, 9.17) is 9.47 Å². The van der Waals surface area contributed by atoms with Crippen LogP contribution < -0.4 is 9.47 Å². The Kier molecular flexibility index (Phi) is 8.97. The first-order valence-corrected chi connectivity index (χ1v) is 22.2. The van der Waals surface area contributed by atoms with Crippen molar-refractivity contribution in [2.75, 3.05) is 0 Å². The second-order valence-corrected chi connectivity index (χ2v) is 18.2. The fourth-order valence-electron chi connectivity index (χ4n) is 12.0. The van der Waals surface area contributed by atoms with Crippen molar-refractivity contribution in [3.63, 3.8) is 0 Å². The normalized spacial score (nSPS) is 22.6. The SMILES string of the molecule is Oc1ccc([C@H]2c3c(O)cc4c5c3[C@@H]([C@H](c3ccc(O)cc3)c3c(O)cc(O)cc3[C@@H]5[C@@H](c3ccc(O)cc3)O4)[C@@H]2c2cc(O)cc3c2[C@H](c2cc(O)cc(O)c2)[C@@H](c2ccc(O)cc2)O3)cc1. The standard InChI is InChI=1S/C56H42O12/c57-30-9-1-25(2-10-30)44-47-38(20-36(63)22-40(47)65)50-52-43(68-56(50)28-7-15-33(60)16-8-28)24-41(66)51-45(26-3-11-31(58)12-4-26)49(53(44)54(51)52)39-21-37(64)23-42-48(39)46(29-17-34(61)19-35(62)18-29)55(67-42)27-5-13-32(59)14-6-27/h1-24,44-46,49-50,53,55-66H/t44-,45-,46+,49-,50+,53+,55-,56-/m1/s1. The second kappa shape index (κ2) is 14.9. The Labute approximate surface area is 388 Å². The number of benzene rings is 8. The lowest BCUT2D eigenvalue weighted by atomic mass is 9.67. The maximum atomic E-state index is 12.7. The molecule has 0 radical (unpaired) electrons. The minimum atomic E-state index is -0.820. The molecule has 12 nitrogen and oxygen atoms in total. The van der Waals surface area contributed by atoms with E-state index in [0.29, 0.717) is 78.3 Å². The molecule has 338 valence electrons. The van der Waals surface area contributed by atoms with E-state index in [1.165, 1.54) is 30.3 Å². The summed E-state index contributed by atoms with van der Waals surface area (Å²) >= 11 is 0. The molecule has 12 rings (SSSR count). The molecule has 0 amide bonds. The minimum absolute atomic E-state index is 0.00343. The fourth-order valence-corrected chi connectivity index (χ4v) is 12.0. The summed E-state index contributed by atoms with van der Waals surface area (Å²) in [4.78, 5) is 0. The fraction of sp³-hybridized carbons (Fsp3) is 0.143. The third kappa shape index (κ3) is 6.20. The zero-order valence-electron chi connectivity index (χ0n) is 35.8. The Bertz CT molecular complexity index is 3310. The number of hydrogen-bond acceptors (Lipinski definition) is 12. The first-order valence-electron chi connectivity index (χ1n) is 22.2. The first-order chi connectivity index (χ1) is 32.8. The summed E-state index contributed by atoms with van der Waals surface area (Å²) < 4.78 is 13.7. The smallest absolute Gasteiger partial charge is 0.135 e. The molecule has 8 atom stereocenters. The van der Waals surface area contributed by atoms with Gasteiger partial charge in [0, 0.05) is 70.2 Å². The van der Waals surface area contributed by atoms with Crippen LogP contribution in [0.25, 0.3) is 0 Å². The van der Waals surface area contributed by atoms with Crippen LogP contribution in [0.1, 0.15) is 114 Å². The molecule has 2 aliphatic heterocycles. The van der Waals surface area contributed by atoms with Crippen molar-refractivity contribution in [2.24, 2.45) is 0 Å². The predicted octanol–water partition coefficient (Wildman–Crippen LogP) is 10.4. The van der Waals surface area contributed by atoms with Crippen LogP contribution in [0.2, 0.25) is 0 Å². The zero-order chi connectivity index (χ0) is 46.9. The van der Waals surface area contributed by atoms with E-state index < -0.39 is 47.7 Å². The van der Waals surface area contributed by atoms with Crippen molar-refractivity contribution < 1.29 is 60.5 Å². The Morgan fingerprint density at radius 2 is 0.691 bits per heavy atom. The molecular formula is C56H42O12. The van der Waals surface area contributed by atoms with Gasteiger partial charge in [-0.15, -0.1) is 0 Å². The summed E-state index contributed by atoms with van der Waals surface area (Å²) in [5.74, 6) is -4.85. The molecular weight excluding hydrogens is 865 g/mol. The molecule has 8 aromatic rings. The van der Waals surface area contributed by atoms with Crippen LogP contribution in [-0.2, 0) is 0 Å². The molecule has 4 aliphatic rings. The predicted molar refractivity (Wildman–Crippen MR) is 248 cm³/mol. The number of rotatable bonds is 6. The Morgan fingerprint density at radius 1 is 0.265 bits per heavy atom. The van der Waals surface area contributed by atoms with E-state index >= 15 is 0 Å². The third-order valence-corrected chi connectivity index (χ3v) is 14.4. The zero-order valence-corrected chi connectivity index (χ0v) is 35.8. The van der Waals surface area contributed by atoms with Crippen LogP contribution in [0, 0.1) is 0 Å². The number of hydrogen-bond donors (Lipinski definition) is 10. The highest BCUT2D eigenvalue weighted by atomic mass is 16.5. The molecule has 0 saturated heterocycles. The van der Waals surface area contributed by atoms with Crippen molar-refractivity contribution >= 4 is 0 Å². The average molecular weight is 907 g/mol. The third-order valence-electron chi connectivity index (χ3n) is 14.4. The Morgan fingerprint density at radius 3 is 1.24 bits per heavy atom. The lowest BCUT2D eigenvalue weighted by Gasteiger charge is -2.35. The molecule has 0 bridgehead atoms. The molecule has 8 aromatic carbocycles. The van der Waals surface area contributed by atoms with Gasteiger partial charge in [0.2, 0.25) is 0 Å². The van der Waals surface area contributed by atoms with Crippen LogP contribution >= 0.6 is 0 Å². The van der Waals surface area contributed by atoms with E-state index in [0.717, 1.165) is 0 Å². The number of ether oxygens (including phenoxy) is 2. The maximum Gasteiger partial charge on any atom is 0.135 e. The monoisotopic (exact) mass is 906 g/mol. The van der Waals surface area contributed by atoms with Crippen LogP contribution in [0.15, 0.2) is 146 Å². The number of phenols is 10. The maximum absolute atomic E-state index is 12.7. The molecule has 2 aliphatic carbocycles. The highest BCUT2D eigenvalue weighted by Gasteiger charge is 2.57. The summed E-state index contributed by atoms with van der Waals surface area (Å²) in [6, 6.07) is 38.5. The van der Waals surface area contributed by atoms with Gasteiger partial charge < -0.3 is 60.5 Å². The van der Waals surface area contributed by atoms with Crippen molar-refractivity contribution in [1.82, 2.24) is 0 Å². The van der Waals surface area contributed by atoms with E-state index in [1.807, 2.05) is 0 Å². The van der Waals surface area contributed by atoms with Gasteiger partial charge in [0.15, 0.2) is 0 Å². The van der Waals surface area contributed by atoms with Crippen LogP contribution in [0.5, 0.6) is 69.0 Å². The van der Waals surface area contributed by atoms with E-state index in [-0.39, 0.29) is 57.5 Å². The highest BCUT2D eigenvalue weighted by Crippen LogP contribution is 2.72. The molecule has 0 unspecified atom stereocenters. The van der Waals surface area contributed by atoms with Gasteiger partial charge >= 0.3 is 0 Å². The van der Waals surface area contributed by atoms with Crippen molar-refractivity contribution in [3.8, 4) is 69.0 Å². The number of aromatic hydroxyl groups is 10. The van der Waals surface area contributed by atoms with Gasteiger partial charge in [-0.1, -0.05) is 48.5 Å². The van der Waals surface area contributed by atoms with Crippen molar-refractivity contribution in [3.05, 3.63) is 212 Å². The van der Waals surface area contributed by atoms with E-state index in [2.05, 4.69) is 0 Å². The van der Waals surface area contributed by atoms with Gasteiger partial charge in [-0.05, 0) is 117 Å². The van der Waals surface area contributed by atoms with Gasteiger partial charge in [-0.3, -0.25) is 0 Å². The summed E-state index contributed by atoms with van der Waals surface area (Å²) in [6.45, 7) is 0. The van der Waals surface area contributed by atoms with Gasteiger partial charge in [0.05, 0.1) is 11.8 Å². The molecule has 68 heavy (non-hydrogen) atoms. The summed E-state index contributed by atoms with van der Waals surface area (Å²) in [6.07, 6.45) is -1.60. The van der Waals surface area contributed by atoms with Gasteiger partial charge in [0.1, 0.15) is 81.2 Å². The minimum Gasteiger partial charge on any atom is -0.508 e. The largest absolute Gasteiger partial charge is 0.508 e. The second-order valence-electron chi connectivity index (χ2n) is 18.2. The van der Waals surface area contributed by atoms with Gasteiger partial charge in [-0.25, -0.2) is 0 Å². The van der Waals surface area contributed by atoms with Crippen molar-refractivity contribution in [2.45, 2.75) is 47.7 Å². The molecule has 0 spiro atoms. The van der Waals surface area contributed by atoms with Gasteiger partial charge in [0.25, 0.3) is 0 Å². The molecule has 12 heteroatoms. The quantitative estimate of drug-likeness (QED) is 0.0753. The van der Waals surface area contributed by atoms with E-state index in [9.17, 15) is 51.1 Å². The molecule has 2 heterocycles. The summed E-state index contributed by atoms with van der Waals surface area (Å²) in [5, 5.41) is 113. The Balaban J connectivity index is 1.21. The average Bonchev–Trinajstić information content (AvgIpc) is 3.96. The number of phenolic OH excluding ortho intramolecular Hbond substituents is 10. The van der Waals surface area contributed by atoms with Crippen LogP contribution in [0.4, 0.5) is 0 Å². The first kappa shape index (κ1) is 40.8. The topological polar surface area (TPSA) is 221 Å². The number of fused-ring (bicyclic) bond motifs is 3. The van der Waals surface area contributed by atoms with Gasteiger partial charge in [-0.2, -0.15) is 0 Å². The van der Waals surface area contributed by atoms with Crippen LogP contribution in [0.3, 0.4) is 0 Å². The van der Waals surface area contributed by atoms with Crippen LogP contribution in [-0.4, -0.2) is 51.1 Å². The van der Waals surface area contributed by atoms with Crippen molar-refractivity contribution in [1.29, 1.82) is 0 Å². The Hall–Kier alpha value is -8.64. The highest BCUT2D eigenvalue weighted by molar-refractivity contribution is 5.74. The molecule has 0 fully saturated rings. The molecule has 10 N–H and O–H groups in total. The summed E-state index contributed by atoms with van der Waals surface area (Å²) in [5.41, 5.74) is 7.24. The summed E-state index contributed by atoms with van der Waals surface area (Å²) in [7, 11) is 0. The van der Waals surface area contributed by atoms with E-state index in [1.54, 1.807) is 115 Å². The lowest BCUT2D eigenvalue weighted by Crippen LogP contribution is -2.22. The lowest BCUT2D eigenvalue weighted by molar-refractivity contribution is 0.221. The molecule has 0 saturated carbocycles. The molecule has 0 aromatic heterocycles.